The Labute approximate surface area is 175 Å². The summed E-state index contributed by atoms with van der Waals surface area (Å²) >= 11 is 3.41. The van der Waals surface area contributed by atoms with Gasteiger partial charge >= 0.3 is 0 Å². The number of amides is 3. The van der Waals surface area contributed by atoms with Crippen LogP contribution >= 0.6 is 15.9 Å². The molecule has 1 aliphatic rings. The Hall–Kier alpha value is -2.93. The zero-order valence-corrected chi connectivity index (χ0v) is 17.3. The third-order valence-electron chi connectivity index (χ3n) is 5.49. The molecule has 1 aromatic heterocycles. The Balaban J connectivity index is 1.54. The molecule has 3 amide bonds. The summed E-state index contributed by atoms with van der Waals surface area (Å²) < 4.78 is 6.45. The highest BCUT2D eigenvalue weighted by atomic mass is 79.9. The van der Waals surface area contributed by atoms with Gasteiger partial charge in [-0.15, -0.1) is 0 Å². The zero-order chi connectivity index (χ0) is 20.6. The molecule has 29 heavy (non-hydrogen) atoms. The van der Waals surface area contributed by atoms with Crippen molar-refractivity contribution in [3.63, 3.8) is 0 Å². The monoisotopic (exact) mass is 454 g/mol. The predicted molar refractivity (Wildman–Crippen MR) is 113 cm³/mol. The van der Waals surface area contributed by atoms with Crippen molar-refractivity contribution in [2.24, 2.45) is 0 Å². The minimum atomic E-state index is -0.721. The molecular weight excluding hydrogens is 436 g/mol. The van der Waals surface area contributed by atoms with E-state index in [0.29, 0.717) is 30.5 Å². The first-order valence-corrected chi connectivity index (χ1v) is 10.2. The fourth-order valence-corrected chi connectivity index (χ4v) is 4.23. The highest BCUT2D eigenvalue weighted by Crippen LogP contribution is 2.36. The number of furan rings is 1. The topological polar surface area (TPSA) is 88.4 Å². The zero-order valence-electron chi connectivity index (χ0n) is 15.8. The van der Waals surface area contributed by atoms with E-state index in [2.05, 4.69) is 26.6 Å². The molecule has 2 aromatic carbocycles. The lowest BCUT2D eigenvalue weighted by atomic mass is 9.72. The van der Waals surface area contributed by atoms with Crippen LogP contribution in [-0.2, 0) is 15.0 Å². The molecule has 0 radical (unpaired) electrons. The lowest BCUT2D eigenvalue weighted by molar-refractivity contribution is -0.138. The highest BCUT2D eigenvalue weighted by molar-refractivity contribution is 9.10. The number of carbonyl (C=O) groups is 3. The maximum Gasteiger partial charge on any atom is 0.291 e. The van der Waals surface area contributed by atoms with E-state index in [0.717, 1.165) is 15.4 Å². The third kappa shape index (κ3) is 3.46. The second-order valence-corrected chi connectivity index (χ2v) is 7.97. The molecule has 148 valence electrons. The van der Waals surface area contributed by atoms with Crippen LogP contribution in [-0.4, -0.2) is 17.7 Å². The van der Waals surface area contributed by atoms with Crippen molar-refractivity contribution in [2.75, 3.05) is 5.32 Å². The van der Waals surface area contributed by atoms with Crippen LogP contribution in [0.15, 0.2) is 57.4 Å². The van der Waals surface area contributed by atoms with Gasteiger partial charge in [0.2, 0.25) is 11.8 Å². The van der Waals surface area contributed by atoms with E-state index in [-0.39, 0.29) is 23.5 Å². The molecule has 4 rings (SSSR count). The van der Waals surface area contributed by atoms with Crippen LogP contribution in [0.3, 0.4) is 0 Å². The van der Waals surface area contributed by atoms with E-state index in [4.69, 9.17) is 4.42 Å². The molecule has 1 unspecified atom stereocenters. The minimum absolute atomic E-state index is 0.214. The van der Waals surface area contributed by atoms with Gasteiger partial charge in [0.05, 0.1) is 9.89 Å². The number of carbonyl (C=O) groups excluding carboxylic acids is 3. The maximum atomic E-state index is 12.6. The van der Waals surface area contributed by atoms with E-state index in [9.17, 15) is 14.4 Å². The van der Waals surface area contributed by atoms with Gasteiger partial charge in [0.15, 0.2) is 5.76 Å². The summed E-state index contributed by atoms with van der Waals surface area (Å²) in [7, 11) is 0. The fraction of sp³-hybridized carbons (Fsp3) is 0.227. The number of rotatable bonds is 4. The van der Waals surface area contributed by atoms with Crippen molar-refractivity contribution in [3.05, 3.63) is 64.3 Å². The molecule has 1 saturated heterocycles. The summed E-state index contributed by atoms with van der Waals surface area (Å²) in [5, 5.41) is 6.09. The molecule has 1 fully saturated rings. The summed E-state index contributed by atoms with van der Waals surface area (Å²) in [6.45, 7) is 1.94. The molecule has 1 atom stereocenters. The second-order valence-electron chi connectivity index (χ2n) is 7.11. The minimum Gasteiger partial charge on any atom is -0.450 e. The van der Waals surface area contributed by atoms with Gasteiger partial charge in [-0.05, 0) is 58.6 Å². The fourth-order valence-electron chi connectivity index (χ4n) is 3.77. The average Bonchev–Trinajstić information content (AvgIpc) is 3.15. The molecule has 2 N–H and O–H groups in total. The van der Waals surface area contributed by atoms with Gasteiger partial charge in [-0.1, -0.05) is 31.2 Å². The number of fused-ring (bicyclic) bond motifs is 1. The number of anilines is 1. The SMILES string of the molecule is CCC1(c2ccc(NC(=O)c3cc4cccc(Br)c4o3)cc2)CCC(=O)NC1=O. The van der Waals surface area contributed by atoms with Gasteiger partial charge in [0.25, 0.3) is 5.91 Å². The van der Waals surface area contributed by atoms with Crippen molar-refractivity contribution in [2.45, 2.75) is 31.6 Å². The Morgan fingerprint density at radius 2 is 1.97 bits per heavy atom. The van der Waals surface area contributed by atoms with Crippen molar-refractivity contribution in [3.8, 4) is 0 Å². The summed E-state index contributed by atoms with van der Waals surface area (Å²) in [6, 6.07) is 14.5. The summed E-state index contributed by atoms with van der Waals surface area (Å²) in [5.74, 6) is -0.639. The quantitative estimate of drug-likeness (QED) is 0.566. The second kappa shape index (κ2) is 7.48. The van der Waals surface area contributed by atoms with Crippen LogP contribution < -0.4 is 10.6 Å². The predicted octanol–water partition coefficient (Wildman–Crippen LogP) is 4.53. The van der Waals surface area contributed by atoms with Crippen LogP contribution in [0.1, 0.15) is 42.3 Å². The molecule has 1 aliphatic heterocycles. The number of piperidine rings is 1. The number of nitrogens with one attached hydrogen (secondary N) is 2. The van der Waals surface area contributed by atoms with Crippen molar-refractivity contribution >= 4 is 50.3 Å². The largest absolute Gasteiger partial charge is 0.450 e. The Bertz CT molecular complexity index is 1120. The van der Waals surface area contributed by atoms with Gasteiger partial charge in [-0.25, -0.2) is 0 Å². The number of halogens is 1. The van der Waals surface area contributed by atoms with Crippen LogP contribution in [0.2, 0.25) is 0 Å². The van der Waals surface area contributed by atoms with Gasteiger partial charge in [-0.3, -0.25) is 19.7 Å². The maximum absolute atomic E-state index is 12.6. The summed E-state index contributed by atoms with van der Waals surface area (Å²) in [4.78, 5) is 36.6. The van der Waals surface area contributed by atoms with E-state index >= 15 is 0 Å². The lowest BCUT2D eigenvalue weighted by Gasteiger charge is -2.35. The molecule has 6 nitrogen and oxygen atoms in total. The van der Waals surface area contributed by atoms with Crippen LogP contribution in [0.25, 0.3) is 11.0 Å². The Morgan fingerprint density at radius 1 is 1.21 bits per heavy atom. The lowest BCUT2D eigenvalue weighted by Crippen LogP contribution is -2.51. The van der Waals surface area contributed by atoms with Crippen molar-refractivity contribution in [1.82, 2.24) is 5.32 Å². The molecular formula is C22H19BrN2O4. The number of benzene rings is 2. The van der Waals surface area contributed by atoms with Crippen molar-refractivity contribution < 1.29 is 18.8 Å². The van der Waals surface area contributed by atoms with Crippen LogP contribution in [0.5, 0.6) is 0 Å². The molecule has 3 aromatic rings. The van der Waals surface area contributed by atoms with E-state index in [1.54, 1.807) is 18.2 Å². The summed E-state index contributed by atoms with van der Waals surface area (Å²) in [5.41, 5.74) is 1.32. The van der Waals surface area contributed by atoms with Crippen molar-refractivity contribution in [1.29, 1.82) is 0 Å². The van der Waals surface area contributed by atoms with E-state index < -0.39 is 5.41 Å². The normalized spacial score (nSPS) is 19.2. The van der Waals surface area contributed by atoms with Gasteiger partial charge in [0, 0.05) is 17.5 Å². The van der Waals surface area contributed by atoms with Crippen LogP contribution in [0, 0.1) is 0 Å². The molecule has 2 heterocycles. The Kier molecular flexibility index (Phi) is 5.00. The number of para-hydroxylation sites is 1. The number of hydrogen-bond acceptors (Lipinski definition) is 4. The number of hydrogen-bond donors (Lipinski definition) is 2. The summed E-state index contributed by atoms with van der Waals surface area (Å²) in [6.07, 6.45) is 1.39. The molecule has 7 heteroatoms. The third-order valence-corrected chi connectivity index (χ3v) is 6.11. The number of imide groups is 1. The first-order valence-electron chi connectivity index (χ1n) is 9.37. The smallest absolute Gasteiger partial charge is 0.291 e. The van der Waals surface area contributed by atoms with E-state index in [1.807, 2.05) is 37.3 Å². The molecule has 0 aliphatic carbocycles. The average molecular weight is 455 g/mol. The molecule has 0 bridgehead atoms. The Morgan fingerprint density at radius 3 is 2.62 bits per heavy atom. The first-order chi connectivity index (χ1) is 13.9. The van der Waals surface area contributed by atoms with Crippen LogP contribution in [0.4, 0.5) is 5.69 Å². The molecule has 0 saturated carbocycles. The van der Waals surface area contributed by atoms with E-state index in [1.165, 1.54) is 0 Å². The molecule has 0 spiro atoms. The first kappa shape index (κ1) is 19.4. The highest BCUT2D eigenvalue weighted by Gasteiger charge is 2.42. The van der Waals surface area contributed by atoms with Gasteiger partial charge in [-0.2, -0.15) is 0 Å². The van der Waals surface area contributed by atoms with Gasteiger partial charge in [0.1, 0.15) is 5.58 Å². The van der Waals surface area contributed by atoms with Gasteiger partial charge < -0.3 is 9.73 Å². The standard InChI is InChI=1S/C22H19BrN2O4/c1-2-22(11-10-18(26)25-21(22)28)14-6-8-15(9-7-14)24-20(27)17-12-13-4-3-5-16(23)19(13)29-17/h3-9,12H,2,10-11H2,1H3,(H,24,27)(H,25,26,28).